The molecule has 4 nitrogen and oxygen atoms in total. The van der Waals surface area contributed by atoms with Crippen LogP contribution in [0.3, 0.4) is 0 Å². The highest BCUT2D eigenvalue weighted by Gasteiger charge is 2.01. The number of ether oxygens (including phenoxy) is 2. The van der Waals surface area contributed by atoms with Crippen LogP contribution >= 0.6 is 11.6 Å². The molecule has 0 amide bonds. The normalized spacial score (nSPS) is 10.3. The summed E-state index contributed by atoms with van der Waals surface area (Å²) in [6.07, 6.45) is 5.58. The molecule has 1 aromatic rings. The third-order valence-electron chi connectivity index (χ3n) is 2.98. The van der Waals surface area contributed by atoms with Crippen LogP contribution in [0.2, 0.25) is 5.02 Å². The van der Waals surface area contributed by atoms with Crippen molar-refractivity contribution < 1.29 is 14.3 Å². The Balaban J connectivity index is 2.03. The van der Waals surface area contributed by atoms with Crippen molar-refractivity contribution >= 4 is 23.3 Å². The van der Waals surface area contributed by atoms with Crippen LogP contribution in [0.25, 0.3) is 0 Å². The summed E-state index contributed by atoms with van der Waals surface area (Å²) in [6, 6.07) is 5.23. The van der Waals surface area contributed by atoms with Crippen molar-refractivity contribution in [3.05, 3.63) is 23.2 Å². The van der Waals surface area contributed by atoms with Gasteiger partial charge in [-0.1, -0.05) is 30.9 Å². The van der Waals surface area contributed by atoms with Crippen molar-refractivity contribution in [2.75, 3.05) is 19.5 Å². The van der Waals surface area contributed by atoms with Gasteiger partial charge in [0.2, 0.25) is 0 Å². The van der Waals surface area contributed by atoms with E-state index >= 15 is 0 Å². The number of carbonyl (C=O) groups excluding carboxylic acids is 1. The minimum atomic E-state index is -0.133. The Bertz CT molecular complexity index is 424. The van der Waals surface area contributed by atoms with Crippen LogP contribution in [0.1, 0.15) is 38.5 Å². The molecule has 2 N–H and O–H groups in total. The van der Waals surface area contributed by atoms with Crippen LogP contribution in [0.15, 0.2) is 18.2 Å². The van der Waals surface area contributed by atoms with Crippen LogP contribution in [0.5, 0.6) is 5.75 Å². The lowest BCUT2D eigenvalue weighted by Gasteiger charge is -2.08. The largest absolute Gasteiger partial charge is 0.491 e. The fraction of sp³-hybridized carbons (Fsp3) is 0.533. The van der Waals surface area contributed by atoms with Gasteiger partial charge in [0.1, 0.15) is 5.75 Å². The maximum Gasteiger partial charge on any atom is 0.305 e. The van der Waals surface area contributed by atoms with Gasteiger partial charge < -0.3 is 15.2 Å². The third-order valence-corrected chi connectivity index (χ3v) is 3.22. The molecule has 0 fully saturated rings. The maximum atomic E-state index is 10.9. The second-order valence-corrected chi connectivity index (χ2v) is 5.06. The lowest BCUT2D eigenvalue weighted by atomic mass is 10.1. The molecule has 112 valence electrons. The van der Waals surface area contributed by atoms with E-state index in [4.69, 9.17) is 22.1 Å². The van der Waals surface area contributed by atoms with Crippen LogP contribution in [-0.2, 0) is 9.53 Å². The van der Waals surface area contributed by atoms with E-state index in [-0.39, 0.29) is 5.97 Å². The molecular formula is C15H22ClNO3. The van der Waals surface area contributed by atoms with Crippen LogP contribution < -0.4 is 10.5 Å². The molecule has 0 heterocycles. The first-order valence-corrected chi connectivity index (χ1v) is 7.26. The second-order valence-electron chi connectivity index (χ2n) is 4.62. The van der Waals surface area contributed by atoms with E-state index in [0.717, 1.165) is 32.1 Å². The Morgan fingerprint density at radius 1 is 1.20 bits per heavy atom. The number of halogens is 1. The summed E-state index contributed by atoms with van der Waals surface area (Å²) in [5.74, 6) is 0.548. The zero-order valence-electron chi connectivity index (χ0n) is 11.9. The van der Waals surface area contributed by atoms with Crippen LogP contribution in [-0.4, -0.2) is 19.7 Å². The predicted octanol–water partition coefficient (Wildman–Crippen LogP) is 3.81. The summed E-state index contributed by atoms with van der Waals surface area (Å²) in [6.45, 7) is 0.642. The van der Waals surface area contributed by atoms with Crippen molar-refractivity contribution in [1.29, 1.82) is 0 Å². The number of anilines is 1. The number of esters is 1. The Kier molecular flexibility index (Phi) is 7.88. The van der Waals surface area contributed by atoms with Gasteiger partial charge in [-0.15, -0.1) is 0 Å². The molecule has 0 aromatic heterocycles. The van der Waals surface area contributed by atoms with E-state index in [1.807, 2.05) is 0 Å². The molecule has 1 aromatic carbocycles. The molecule has 0 saturated heterocycles. The summed E-state index contributed by atoms with van der Waals surface area (Å²) in [4.78, 5) is 10.9. The van der Waals surface area contributed by atoms with Gasteiger partial charge in [-0.3, -0.25) is 4.79 Å². The number of methoxy groups -OCH3 is 1. The molecule has 5 heteroatoms. The molecular weight excluding hydrogens is 278 g/mol. The van der Waals surface area contributed by atoms with E-state index in [1.54, 1.807) is 18.2 Å². The number of carbonyl (C=O) groups is 1. The number of nitrogens with two attached hydrogens (primary N) is 1. The molecule has 0 spiro atoms. The molecule has 0 atom stereocenters. The SMILES string of the molecule is COC(=O)CCCCCCCOc1ccc(Cl)cc1N. The lowest BCUT2D eigenvalue weighted by molar-refractivity contribution is -0.140. The molecule has 0 unspecified atom stereocenters. The van der Waals surface area contributed by atoms with E-state index < -0.39 is 0 Å². The highest BCUT2D eigenvalue weighted by atomic mass is 35.5. The van der Waals surface area contributed by atoms with E-state index in [9.17, 15) is 4.79 Å². The van der Waals surface area contributed by atoms with Gasteiger partial charge in [0.25, 0.3) is 0 Å². The summed E-state index contributed by atoms with van der Waals surface area (Å²) in [7, 11) is 1.42. The lowest BCUT2D eigenvalue weighted by Crippen LogP contribution is -2.01. The number of nitrogen functional groups attached to an aromatic ring is 1. The number of benzene rings is 1. The molecule has 1 rings (SSSR count). The van der Waals surface area contributed by atoms with Gasteiger partial charge in [-0.05, 0) is 31.0 Å². The van der Waals surface area contributed by atoms with Crippen molar-refractivity contribution in [2.24, 2.45) is 0 Å². The predicted molar refractivity (Wildman–Crippen MR) is 81.1 cm³/mol. The first-order chi connectivity index (χ1) is 9.63. The monoisotopic (exact) mass is 299 g/mol. The highest BCUT2D eigenvalue weighted by molar-refractivity contribution is 6.30. The van der Waals surface area contributed by atoms with Crippen molar-refractivity contribution in [1.82, 2.24) is 0 Å². The van der Waals surface area contributed by atoms with E-state index in [2.05, 4.69) is 4.74 Å². The molecule has 20 heavy (non-hydrogen) atoms. The van der Waals surface area contributed by atoms with Gasteiger partial charge in [0.05, 0.1) is 19.4 Å². The third kappa shape index (κ3) is 6.66. The standard InChI is InChI=1S/C15H22ClNO3/c1-19-15(18)7-5-3-2-4-6-10-20-14-9-8-12(16)11-13(14)17/h8-9,11H,2-7,10,17H2,1H3. The van der Waals surface area contributed by atoms with Crippen molar-refractivity contribution in [3.8, 4) is 5.75 Å². The fourth-order valence-corrected chi connectivity index (χ4v) is 2.02. The topological polar surface area (TPSA) is 61.5 Å². The first kappa shape index (κ1) is 16.6. The Morgan fingerprint density at radius 2 is 1.90 bits per heavy atom. The summed E-state index contributed by atoms with van der Waals surface area (Å²) >= 11 is 5.81. The molecule has 0 radical (unpaired) electrons. The Labute approximate surface area is 125 Å². The number of hydrogen-bond donors (Lipinski definition) is 1. The zero-order valence-corrected chi connectivity index (χ0v) is 12.6. The number of hydrogen-bond acceptors (Lipinski definition) is 4. The Hall–Kier alpha value is -1.42. The smallest absolute Gasteiger partial charge is 0.305 e. The Morgan fingerprint density at radius 3 is 2.60 bits per heavy atom. The molecule has 0 aliphatic rings. The molecule has 0 saturated carbocycles. The molecule has 0 bridgehead atoms. The van der Waals surface area contributed by atoms with Crippen molar-refractivity contribution in [2.45, 2.75) is 38.5 Å². The quantitative estimate of drug-likeness (QED) is 0.428. The maximum absolute atomic E-state index is 10.9. The van der Waals surface area contributed by atoms with Crippen molar-refractivity contribution in [3.63, 3.8) is 0 Å². The second kappa shape index (κ2) is 9.48. The minimum Gasteiger partial charge on any atom is -0.491 e. The van der Waals surface area contributed by atoms with Gasteiger partial charge in [-0.2, -0.15) is 0 Å². The minimum absolute atomic E-state index is 0.133. The average molecular weight is 300 g/mol. The summed E-state index contributed by atoms with van der Waals surface area (Å²) in [5.41, 5.74) is 6.36. The summed E-state index contributed by atoms with van der Waals surface area (Å²) < 4.78 is 10.2. The fourth-order valence-electron chi connectivity index (χ4n) is 1.84. The molecule has 0 aliphatic heterocycles. The van der Waals surface area contributed by atoms with E-state index in [1.165, 1.54) is 7.11 Å². The van der Waals surface area contributed by atoms with Gasteiger partial charge in [0.15, 0.2) is 0 Å². The first-order valence-electron chi connectivity index (χ1n) is 6.88. The van der Waals surface area contributed by atoms with E-state index in [0.29, 0.717) is 29.5 Å². The van der Waals surface area contributed by atoms with Gasteiger partial charge in [0, 0.05) is 11.4 Å². The average Bonchev–Trinajstić information content (AvgIpc) is 2.43. The van der Waals surface area contributed by atoms with Gasteiger partial charge >= 0.3 is 5.97 Å². The highest BCUT2D eigenvalue weighted by Crippen LogP contribution is 2.25. The molecule has 0 aliphatic carbocycles. The zero-order chi connectivity index (χ0) is 14.8. The summed E-state index contributed by atoms with van der Waals surface area (Å²) in [5, 5.41) is 0.612. The number of rotatable bonds is 9. The number of unbranched alkanes of at least 4 members (excludes halogenated alkanes) is 4. The van der Waals surface area contributed by atoms with Crippen LogP contribution in [0.4, 0.5) is 5.69 Å². The van der Waals surface area contributed by atoms with Crippen LogP contribution in [0, 0.1) is 0 Å². The van der Waals surface area contributed by atoms with Gasteiger partial charge in [-0.25, -0.2) is 0 Å².